The Bertz CT molecular complexity index is 1360. The van der Waals surface area contributed by atoms with Crippen LogP contribution in [-0.4, -0.2) is 33.9 Å². The van der Waals surface area contributed by atoms with E-state index in [0.717, 1.165) is 24.3 Å². The Kier molecular flexibility index (Phi) is 7.02. The number of carbonyl (C=O) groups excluding carboxylic acids is 1. The highest BCUT2D eigenvalue weighted by atomic mass is 35.5. The third-order valence-corrected chi connectivity index (χ3v) is 7.10. The number of nitrogens with one attached hydrogen (secondary N) is 3. The fourth-order valence-electron chi connectivity index (χ4n) is 4.09. The van der Waals surface area contributed by atoms with Crippen molar-refractivity contribution in [2.45, 2.75) is 26.7 Å². The molecule has 0 bridgehead atoms. The van der Waals surface area contributed by atoms with E-state index >= 15 is 0 Å². The van der Waals surface area contributed by atoms with E-state index in [0.29, 0.717) is 38.2 Å². The predicted molar refractivity (Wildman–Crippen MR) is 147 cm³/mol. The van der Waals surface area contributed by atoms with Crippen LogP contribution in [0.4, 0.5) is 33.8 Å². The second-order valence-corrected chi connectivity index (χ2v) is 10.0. The summed E-state index contributed by atoms with van der Waals surface area (Å²) in [6.07, 6.45) is 4.04. The van der Waals surface area contributed by atoms with Crippen molar-refractivity contribution < 1.29 is 4.79 Å². The first kappa shape index (κ1) is 24.0. The van der Waals surface area contributed by atoms with Crippen LogP contribution >= 0.6 is 22.9 Å². The molecule has 0 spiro atoms. The second kappa shape index (κ2) is 10.5. The molecule has 0 aliphatic carbocycles. The van der Waals surface area contributed by atoms with Crippen molar-refractivity contribution in [3.8, 4) is 0 Å². The number of amides is 1. The molecule has 3 heterocycles. The summed E-state index contributed by atoms with van der Waals surface area (Å²) in [5, 5.41) is 10.4. The van der Waals surface area contributed by atoms with Gasteiger partial charge in [0.2, 0.25) is 0 Å². The van der Waals surface area contributed by atoms with Crippen molar-refractivity contribution >= 4 is 62.7 Å². The lowest BCUT2D eigenvalue weighted by Gasteiger charge is -2.18. The normalized spacial score (nSPS) is 13.0. The van der Waals surface area contributed by atoms with Gasteiger partial charge in [0.05, 0.1) is 16.9 Å². The van der Waals surface area contributed by atoms with Gasteiger partial charge >= 0.3 is 0 Å². The van der Waals surface area contributed by atoms with Crippen LogP contribution in [-0.2, 0) is 0 Å². The zero-order chi connectivity index (χ0) is 25.1. The number of nitrogens with zero attached hydrogens (tertiary/aromatic N) is 4. The van der Waals surface area contributed by atoms with E-state index in [1.54, 1.807) is 6.07 Å². The Labute approximate surface area is 218 Å². The van der Waals surface area contributed by atoms with Crippen LogP contribution in [0.15, 0.2) is 54.7 Å². The molecule has 0 atom stereocenters. The molecule has 1 saturated heterocycles. The molecule has 5 rings (SSSR count). The average Bonchev–Trinajstić information content (AvgIpc) is 3.54. The molecule has 1 aliphatic rings. The Hall–Kier alpha value is -3.69. The number of para-hydroxylation sites is 1. The molecule has 1 amide bonds. The van der Waals surface area contributed by atoms with Crippen molar-refractivity contribution in [2.24, 2.45) is 0 Å². The van der Waals surface area contributed by atoms with E-state index in [9.17, 15) is 4.79 Å². The molecular formula is C26H26ClN7OS. The minimum atomic E-state index is -0.268. The highest BCUT2D eigenvalue weighted by molar-refractivity contribution is 7.17. The van der Waals surface area contributed by atoms with Crippen LogP contribution in [0, 0.1) is 13.8 Å². The Morgan fingerprint density at radius 2 is 1.72 bits per heavy atom. The molecule has 36 heavy (non-hydrogen) atoms. The number of thiazole rings is 1. The van der Waals surface area contributed by atoms with Crippen LogP contribution < -0.4 is 20.9 Å². The first-order valence-corrected chi connectivity index (χ1v) is 12.9. The van der Waals surface area contributed by atoms with Gasteiger partial charge in [-0.15, -0.1) is 0 Å². The molecule has 184 valence electrons. The number of rotatable bonds is 7. The maximum atomic E-state index is 12.7. The molecule has 0 radical (unpaired) electrons. The van der Waals surface area contributed by atoms with Gasteiger partial charge < -0.3 is 20.9 Å². The molecule has 1 fully saturated rings. The Morgan fingerprint density at radius 1 is 1.00 bits per heavy atom. The fourth-order valence-corrected chi connectivity index (χ4v) is 5.07. The van der Waals surface area contributed by atoms with Crippen LogP contribution in [0.1, 0.15) is 33.9 Å². The summed E-state index contributed by atoms with van der Waals surface area (Å²) in [5.41, 5.74) is 3.68. The number of benzene rings is 2. The molecule has 8 nitrogen and oxygen atoms in total. The van der Waals surface area contributed by atoms with Gasteiger partial charge in [-0.3, -0.25) is 4.79 Å². The quantitative estimate of drug-likeness (QED) is 0.255. The zero-order valence-electron chi connectivity index (χ0n) is 20.0. The standard InChI is InChI=1S/C26H26ClN7OS/c1-16-6-5-7-20(27)24(16)33-25(35)21-15-28-26(36-21)32-23-14-22(29-17(2)30-23)31-18-8-10-19(11-9-18)34-12-3-4-13-34/h5-11,14-15H,3-4,12-13H2,1-2H3,(H,33,35)(H2,28,29,30,31,32). The highest BCUT2D eigenvalue weighted by Crippen LogP contribution is 2.29. The smallest absolute Gasteiger partial charge is 0.267 e. The van der Waals surface area contributed by atoms with E-state index in [4.69, 9.17) is 11.6 Å². The van der Waals surface area contributed by atoms with Crippen LogP contribution in [0.3, 0.4) is 0 Å². The van der Waals surface area contributed by atoms with Crippen molar-refractivity contribution in [3.63, 3.8) is 0 Å². The number of carbonyl (C=O) groups is 1. The molecular weight excluding hydrogens is 494 g/mol. The van der Waals surface area contributed by atoms with Crippen molar-refractivity contribution in [1.29, 1.82) is 0 Å². The zero-order valence-corrected chi connectivity index (χ0v) is 21.6. The number of aromatic nitrogens is 3. The van der Waals surface area contributed by atoms with Gasteiger partial charge in [0.15, 0.2) is 5.13 Å². The van der Waals surface area contributed by atoms with Crippen molar-refractivity contribution in [1.82, 2.24) is 15.0 Å². The largest absolute Gasteiger partial charge is 0.372 e. The molecule has 3 N–H and O–H groups in total. The number of aryl methyl sites for hydroxylation is 2. The lowest BCUT2D eigenvalue weighted by molar-refractivity contribution is 0.103. The molecule has 1 aliphatic heterocycles. The second-order valence-electron chi connectivity index (χ2n) is 8.59. The van der Waals surface area contributed by atoms with E-state index in [2.05, 4.69) is 60.1 Å². The summed E-state index contributed by atoms with van der Waals surface area (Å²) in [6, 6.07) is 15.7. The monoisotopic (exact) mass is 519 g/mol. The summed E-state index contributed by atoms with van der Waals surface area (Å²) in [5.74, 6) is 1.60. The first-order valence-electron chi connectivity index (χ1n) is 11.7. The summed E-state index contributed by atoms with van der Waals surface area (Å²) in [6.45, 7) is 5.96. The number of hydrogen-bond donors (Lipinski definition) is 3. The van der Waals surface area contributed by atoms with E-state index in [-0.39, 0.29) is 5.91 Å². The number of halogens is 1. The molecule has 2 aromatic carbocycles. The third-order valence-electron chi connectivity index (χ3n) is 5.87. The molecule has 0 saturated carbocycles. The topological polar surface area (TPSA) is 95.1 Å². The lowest BCUT2D eigenvalue weighted by Crippen LogP contribution is -2.17. The Balaban J connectivity index is 1.26. The molecule has 2 aromatic heterocycles. The third kappa shape index (κ3) is 5.58. The van der Waals surface area contributed by atoms with Gasteiger partial charge in [0, 0.05) is 30.5 Å². The summed E-state index contributed by atoms with van der Waals surface area (Å²) < 4.78 is 0. The van der Waals surface area contributed by atoms with E-state index in [1.807, 2.05) is 32.0 Å². The van der Waals surface area contributed by atoms with Gasteiger partial charge in [0.25, 0.3) is 5.91 Å². The summed E-state index contributed by atoms with van der Waals surface area (Å²) in [7, 11) is 0. The van der Waals surface area contributed by atoms with Gasteiger partial charge in [-0.25, -0.2) is 15.0 Å². The maximum Gasteiger partial charge on any atom is 0.267 e. The van der Waals surface area contributed by atoms with E-state index < -0.39 is 0 Å². The predicted octanol–water partition coefficient (Wildman–Crippen LogP) is 6.54. The maximum absolute atomic E-state index is 12.7. The van der Waals surface area contributed by atoms with Crippen molar-refractivity contribution in [3.05, 3.63) is 76.0 Å². The first-order chi connectivity index (χ1) is 17.4. The van der Waals surface area contributed by atoms with Gasteiger partial charge in [-0.1, -0.05) is 35.1 Å². The van der Waals surface area contributed by atoms with Gasteiger partial charge in [0.1, 0.15) is 22.3 Å². The fraction of sp³-hybridized carbons (Fsp3) is 0.231. The average molecular weight is 520 g/mol. The molecule has 10 heteroatoms. The van der Waals surface area contributed by atoms with E-state index in [1.165, 1.54) is 36.1 Å². The van der Waals surface area contributed by atoms with Crippen molar-refractivity contribution in [2.75, 3.05) is 33.9 Å². The van der Waals surface area contributed by atoms with Gasteiger partial charge in [-0.05, 0) is 62.6 Å². The number of hydrogen-bond acceptors (Lipinski definition) is 8. The Morgan fingerprint density at radius 3 is 2.44 bits per heavy atom. The highest BCUT2D eigenvalue weighted by Gasteiger charge is 2.15. The number of anilines is 6. The SMILES string of the molecule is Cc1nc(Nc2ccc(N3CCCC3)cc2)cc(Nc2ncc(C(=O)Nc3c(C)cccc3Cl)s2)n1. The summed E-state index contributed by atoms with van der Waals surface area (Å²) in [4.78, 5) is 28.9. The summed E-state index contributed by atoms with van der Waals surface area (Å²) >= 11 is 7.47. The van der Waals surface area contributed by atoms with Crippen LogP contribution in [0.25, 0.3) is 0 Å². The minimum absolute atomic E-state index is 0.268. The van der Waals surface area contributed by atoms with Crippen LogP contribution in [0.5, 0.6) is 0 Å². The lowest BCUT2D eigenvalue weighted by atomic mass is 10.2. The molecule has 0 unspecified atom stereocenters. The molecule has 4 aromatic rings. The van der Waals surface area contributed by atoms with Crippen LogP contribution in [0.2, 0.25) is 5.02 Å². The van der Waals surface area contributed by atoms with Gasteiger partial charge in [-0.2, -0.15) is 0 Å². The minimum Gasteiger partial charge on any atom is -0.372 e.